The smallest absolute Gasteiger partial charge is 0.201 e. The number of benzene rings is 2. The largest absolute Gasteiger partial charge is 0.252 e. The fourth-order valence-electron chi connectivity index (χ4n) is 5.74. The number of allylic oxidation sites excluding steroid dienone is 2. The summed E-state index contributed by atoms with van der Waals surface area (Å²) in [7, 11) is -3.95. The minimum absolute atomic E-state index is 0.0181. The molecule has 210 valence electrons. The Morgan fingerprint density at radius 2 is 0.780 bits per heavy atom. The van der Waals surface area contributed by atoms with Gasteiger partial charge >= 0.3 is 0 Å². The van der Waals surface area contributed by atoms with E-state index in [-0.39, 0.29) is 33.6 Å². The maximum atomic E-state index is 15.6. The molecule has 0 spiro atoms. The second-order valence-electron chi connectivity index (χ2n) is 9.41. The third-order valence-electron chi connectivity index (χ3n) is 7.53. The quantitative estimate of drug-likeness (QED) is 0.128. The molecule has 2 nitrogen and oxygen atoms in total. The lowest BCUT2D eigenvalue weighted by Gasteiger charge is -2.33. The highest BCUT2D eigenvalue weighted by Gasteiger charge is 2.52. The average molecular weight is 589 g/mol. The van der Waals surface area contributed by atoms with Gasteiger partial charge in [0.1, 0.15) is 8.07 Å². The summed E-state index contributed by atoms with van der Waals surface area (Å²) in [5.41, 5.74) is -1.51. The normalized spacial score (nSPS) is 14.8. The number of nitrogens with zero attached hydrogens (tertiary/aromatic N) is 2. The fourth-order valence-corrected chi connectivity index (χ4v) is 10.8. The zero-order valence-corrected chi connectivity index (χ0v) is 22.6. The molecule has 41 heavy (non-hydrogen) atoms. The van der Waals surface area contributed by atoms with E-state index >= 15 is 17.6 Å². The van der Waals surface area contributed by atoms with Crippen LogP contribution in [-0.4, -0.2) is 18.0 Å². The van der Waals surface area contributed by atoms with Gasteiger partial charge in [-0.1, -0.05) is 86.6 Å². The van der Waals surface area contributed by atoms with E-state index < -0.39 is 66.3 Å². The standard InChI is InChI=1S/C30H20F8N2Si/c1-3-41(4-2)25(19-21(31)27(35)39-28(36)22(19)32)17(15-11-7-5-8-12-15)18(16-13-9-6-10-14-16)26(41)20-23(33)29(37)40-30(38)24(20)34/h5-14H,3-4H2,1-2H3. The Labute approximate surface area is 230 Å². The van der Waals surface area contributed by atoms with E-state index in [1.807, 2.05) is 0 Å². The van der Waals surface area contributed by atoms with Gasteiger partial charge in [0.25, 0.3) is 23.8 Å². The molecular formula is C30H20F8N2Si. The lowest BCUT2D eigenvalue weighted by atomic mass is 9.89. The van der Waals surface area contributed by atoms with Gasteiger partial charge in [-0.05, 0) is 32.7 Å². The lowest BCUT2D eigenvalue weighted by Crippen LogP contribution is -2.37. The second-order valence-corrected chi connectivity index (χ2v) is 14.0. The highest BCUT2D eigenvalue weighted by Crippen LogP contribution is 2.59. The predicted octanol–water partition coefficient (Wildman–Crippen LogP) is 8.69. The van der Waals surface area contributed by atoms with Crippen molar-refractivity contribution < 1.29 is 35.1 Å². The summed E-state index contributed by atoms with van der Waals surface area (Å²) >= 11 is 0. The summed E-state index contributed by atoms with van der Waals surface area (Å²) in [6.07, 6.45) is 0. The molecule has 3 heterocycles. The van der Waals surface area contributed by atoms with Crippen molar-refractivity contribution in [2.75, 3.05) is 0 Å². The van der Waals surface area contributed by atoms with E-state index in [0.29, 0.717) is 11.1 Å². The van der Waals surface area contributed by atoms with Crippen molar-refractivity contribution in [2.24, 2.45) is 0 Å². The van der Waals surface area contributed by atoms with E-state index in [4.69, 9.17) is 0 Å². The Morgan fingerprint density at radius 3 is 1.05 bits per heavy atom. The molecule has 0 atom stereocenters. The molecule has 0 fully saturated rings. The number of aromatic nitrogens is 2. The van der Waals surface area contributed by atoms with Gasteiger partial charge in [0.15, 0.2) is 23.3 Å². The number of rotatable bonds is 6. The summed E-state index contributed by atoms with van der Waals surface area (Å²) in [6, 6.07) is 15.8. The van der Waals surface area contributed by atoms with Crippen LogP contribution in [-0.2, 0) is 0 Å². The molecule has 2 aromatic heterocycles. The maximum absolute atomic E-state index is 15.6. The molecule has 0 aliphatic carbocycles. The van der Waals surface area contributed by atoms with Crippen molar-refractivity contribution in [1.82, 2.24) is 9.97 Å². The zero-order valence-electron chi connectivity index (χ0n) is 21.6. The van der Waals surface area contributed by atoms with Crippen LogP contribution in [0.15, 0.2) is 60.7 Å². The summed E-state index contributed by atoms with van der Waals surface area (Å²) < 4.78 is 121. The van der Waals surface area contributed by atoms with Gasteiger partial charge in [0.05, 0.1) is 11.1 Å². The molecule has 0 unspecified atom stereocenters. The van der Waals surface area contributed by atoms with Crippen LogP contribution in [0.1, 0.15) is 36.1 Å². The molecular weight excluding hydrogens is 568 g/mol. The van der Waals surface area contributed by atoms with Gasteiger partial charge in [0, 0.05) is 0 Å². The van der Waals surface area contributed by atoms with Crippen molar-refractivity contribution >= 4 is 29.6 Å². The van der Waals surface area contributed by atoms with Gasteiger partial charge in [0.2, 0.25) is 0 Å². The highest BCUT2D eigenvalue weighted by molar-refractivity contribution is 7.14. The molecule has 1 aliphatic heterocycles. The molecule has 0 saturated carbocycles. The first-order valence-electron chi connectivity index (χ1n) is 12.6. The van der Waals surface area contributed by atoms with Crippen LogP contribution in [0.4, 0.5) is 35.1 Å². The summed E-state index contributed by atoms with van der Waals surface area (Å²) in [5, 5.41) is -0.427. The first-order chi connectivity index (χ1) is 19.6. The first-order valence-corrected chi connectivity index (χ1v) is 15.0. The molecule has 4 aromatic rings. The minimum atomic E-state index is -3.95. The fraction of sp³-hybridized carbons (Fsp3) is 0.133. The minimum Gasteiger partial charge on any atom is -0.201 e. The molecule has 2 aromatic carbocycles. The highest BCUT2D eigenvalue weighted by atomic mass is 28.3. The molecule has 0 bridgehead atoms. The van der Waals surface area contributed by atoms with Crippen LogP contribution in [0.2, 0.25) is 12.1 Å². The van der Waals surface area contributed by atoms with E-state index in [2.05, 4.69) is 9.97 Å². The Kier molecular flexibility index (Phi) is 7.41. The van der Waals surface area contributed by atoms with Crippen molar-refractivity contribution in [3.8, 4) is 0 Å². The monoisotopic (exact) mass is 588 g/mol. The average Bonchev–Trinajstić information content (AvgIpc) is 3.27. The van der Waals surface area contributed by atoms with Gasteiger partial charge < -0.3 is 0 Å². The molecule has 1 aliphatic rings. The Morgan fingerprint density at radius 1 is 0.488 bits per heavy atom. The molecule has 0 amide bonds. The van der Waals surface area contributed by atoms with Crippen LogP contribution >= 0.6 is 0 Å². The van der Waals surface area contributed by atoms with E-state index in [0.717, 1.165) is 0 Å². The zero-order chi connectivity index (χ0) is 29.6. The number of pyridine rings is 2. The van der Waals surface area contributed by atoms with Crippen molar-refractivity contribution in [3.05, 3.63) is 130 Å². The number of halogens is 8. The Hall–Kier alpha value is -4.12. The second kappa shape index (κ2) is 10.7. The van der Waals surface area contributed by atoms with Gasteiger partial charge in [-0.2, -0.15) is 27.5 Å². The maximum Gasteiger partial charge on any atom is 0.252 e. The summed E-state index contributed by atoms with van der Waals surface area (Å²) in [4.78, 5) is 5.35. The van der Waals surface area contributed by atoms with Gasteiger partial charge in [-0.15, -0.1) is 0 Å². The van der Waals surface area contributed by atoms with Crippen molar-refractivity contribution in [2.45, 2.75) is 25.9 Å². The van der Waals surface area contributed by atoms with Crippen LogP contribution in [0.5, 0.6) is 0 Å². The van der Waals surface area contributed by atoms with Crippen molar-refractivity contribution in [1.29, 1.82) is 0 Å². The number of hydrogen-bond donors (Lipinski definition) is 0. The Balaban J connectivity index is 2.11. The molecule has 11 heteroatoms. The third-order valence-corrected chi connectivity index (χ3v) is 12.9. The van der Waals surface area contributed by atoms with E-state index in [1.54, 1.807) is 74.5 Å². The summed E-state index contributed by atoms with van der Waals surface area (Å²) in [5.74, 6) is -14.9. The van der Waals surface area contributed by atoms with Crippen molar-refractivity contribution in [3.63, 3.8) is 0 Å². The molecule has 0 radical (unpaired) electrons. The predicted molar refractivity (Wildman–Crippen MR) is 141 cm³/mol. The van der Waals surface area contributed by atoms with E-state index in [1.165, 1.54) is 0 Å². The molecule has 0 saturated heterocycles. The first kappa shape index (κ1) is 28.4. The third kappa shape index (κ3) is 4.30. The van der Waals surface area contributed by atoms with Gasteiger partial charge in [-0.25, -0.2) is 17.6 Å². The lowest BCUT2D eigenvalue weighted by molar-refractivity contribution is 0.404. The molecule has 0 N–H and O–H groups in total. The van der Waals surface area contributed by atoms with Crippen LogP contribution in [0, 0.1) is 47.1 Å². The topological polar surface area (TPSA) is 25.8 Å². The van der Waals surface area contributed by atoms with Gasteiger partial charge in [-0.3, -0.25) is 0 Å². The summed E-state index contributed by atoms with van der Waals surface area (Å²) in [6.45, 7) is 3.17. The van der Waals surface area contributed by atoms with Crippen LogP contribution < -0.4 is 0 Å². The van der Waals surface area contributed by atoms with Crippen LogP contribution in [0.3, 0.4) is 0 Å². The number of hydrogen-bond acceptors (Lipinski definition) is 2. The van der Waals surface area contributed by atoms with Crippen LogP contribution in [0.25, 0.3) is 21.5 Å². The van der Waals surface area contributed by atoms with E-state index in [9.17, 15) is 17.6 Å². The molecule has 5 rings (SSSR count). The Bertz CT molecular complexity index is 1560. The SMILES string of the molecule is CC[Si]1(CC)C(c2c(F)c(F)nc(F)c2F)=C(c2ccccc2)C(c2ccccc2)=C1c1c(F)c(F)nc(F)c1F.